The number of amides is 2. The topological polar surface area (TPSA) is 95.9 Å². The van der Waals surface area contributed by atoms with E-state index in [9.17, 15) is 23.9 Å². The number of methoxy groups -OCH3 is 1. The molecule has 170 valence electrons. The minimum Gasteiger partial charge on any atom is -0.497 e. The number of benzene rings is 2. The van der Waals surface area contributed by atoms with Gasteiger partial charge >= 0.3 is 5.97 Å². The summed E-state index contributed by atoms with van der Waals surface area (Å²) in [7, 11) is 1.49. The van der Waals surface area contributed by atoms with E-state index in [4.69, 9.17) is 4.74 Å². The first-order valence-electron chi connectivity index (χ1n) is 10.2. The summed E-state index contributed by atoms with van der Waals surface area (Å²) in [4.78, 5) is 40.0. The lowest BCUT2D eigenvalue weighted by molar-refractivity contribution is 0.0696. The Morgan fingerprint density at radius 1 is 1.18 bits per heavy atom. The summed E-state index contributed by atoms with van der Waals surface area (Å²) in [6, 6.07) is 10.9. The van der Waals surface area contributed by atoms with Crippen LogP contribution in [0, 0.1) is 12.7 Å². The minimum absolute atomic E-state index is 0.0419. The largest absolute Gasteiger partial charge is 0.497 e. The van der Waals surface area contributed by atoms with Crippen molar-refractivity contribution < 1.29 is 28.6 Å². The molecule has 0 fully saturated rings. The number of rotatable bonds is 5. The molecule has 1 aromatic heterocycles. The van der Waals surface area contributed by atoms with E-state index in [0.29, 0.717) is 34.7 Å². The molecule has 0 spiro atoms. The maximum Gasteiger partial charge on any atom is 0.339 e. The van der Waals surface area contributed by atoms with Crippen LogP contribution in [0.5, 0.6) is 5.75 Å². The molecule has 0 saturated heterocycles. The highest BCUT2D eigenvalue weighted by molar-refractivity contribution is 7.17. The highest BCUT2D eigenvalue weighted by atomic mass is 32.1. The number of carbonyl (C=O) groups excluding carboxylic acids is 2. The van der Waals surface area contributed by atoms with Crippen LogP contribution in [0.4, 0.5) is 9.39 Å². The number of nitrogens with zero attached hydrogens (tertiary/aromatic N) is 1. The molecule has 1 aliphatic heterocycles. The first kappa shape index (κ1) is 22.5. The fraction of sp³-hybridized carbons (Fsp3) is 0.208. The lowest BCUT2D eigenvalue weighted by atomic mass is 10.0. The van der Waals surface area contributed by atoms with Crippen LogP contribution in [0.3, 0.4) is 0 Å². The number of nitrogens with one attached hydrogen (secondary N) is 1. The minimum atomic E-state index is -1.14. The predicted molar refractivity (Wildman–Crippen MR) is 122 cm³/mol. The summed E-state index contributed by atoms with van der Waals surface area (Å²) >= 11 is 1.13. The van der Waals surface area contributed by atoms with E-state index < -0.39 is 17.7 Å². The van der Waals surface area contributed by atoms with Crippen LogP contribution in [0.1, 0.15) is 47.1 Å². The number of carbonyl (C=O) groups is 3. The highest BCUT2D eigenvalue weighted by Crippen LogP contribution is 2.38. The van der Waals surface area contributed by atoms with Gasteiger partial charge in [0.1, 0.15) is 16.6 Å². The summed E-state index contributed by atoms with van der Waals surface area (Å²) in [5.74, 6) is -1.86. The van der Waals surface area contributed by atoms with Gasteiger partial charge in [-0.1, -0.05) is 12.1 Å². The third-order valence-corrected chi connectivity index (χ3v) is 6.75. The number of halogens is 1. The molecule has 0 atom stereocenters. The second kappa shape index (κ2) is 9.03. The number of anilines is 1. The maximum atomic E-state index is 13.9. The van der Waals surface area contributed by atoms with Crippen molar-refractivity contribution in [3.05, 3.63) is 81.0 Å². The molecule has 1 aliphatic rings. The van der Waals surface area contributed by atoms with Gasteiger partial charge in [-0.25, -0.2) is 9.18 Å². The number of fused-ring (bicyclic) bond motifs is 1. The molecule has 0 saturated carbocycles. The van der Waals surface area contributed by atoms with Crippen LogP contribution in [0.25, 0.3) is 0 Å². The summed E-state index contributed by atoms with van der Waals surface area (Å²) in [6.45, 7) is 2.03. The van der Waals surface area contributed by atoms with Crippen molar-refractivity contribution in [3.63, 3.8) is 0 Å². The predicted octanol–water partition coefficient (Wildman–Crippen LogP) is 4.35. The number of carboxylic acids is 1. The van der Waals surface area contributed by atoms with Crippen molar-refractivity contribution in [2.24, 2.45) is 0 Å². The van der Waals surface area contributed by atoms with E-state index >= 15 is 0 Å². The molecule has 33 heavy (non-hydrogen) atoms. The van der Waals surface area contributed by atoms with Crippen molar-refractivity contribution in [1.82, 2.24) is 4.90 Å². The number of thiophene rings is 1. The van der Waals surface area contributed by atoms with Gasteiger partial charge < -0.3 is 20.1 Å². The summed E-state index contributed by atoms with van der Waals surface area (Å²) in [5, 5.41) is 12.7. The van der Waals surface area contributed by atoms with Crippen molar-refractivity contribution >= 4 is 34.1 Å². The highest BCUT2D eigenvalue weighted by Gasteiger charge is 2.31. The summed E-state index contributed by atoms with van der Waals surface area (Å²) in [6.07, 6.45) is 0.322. The average Bonchev–Trinajstić information content (AvgIpc) is 3.17. The molecule has 9 heteroatoms. The van der Waals surface area contributed by atoms with Gasteiger partial charge in [-0.15, -0.1) is 11.3 Å². The van der Waals surface area contributed by atoms with Crippen molar-refractivity contribution in [2.45, 2.75) is 19.9 Å². The molecule has 2 aromatic carbocycles. The number of ether oxygens (including phenoxy) is 1. The fourth-order valence-corrected chi connectivity index (χ4v) is 5.09. The van der Waals surface area contributed by atoms with Crippen molar-refractivity contribution in [2.75, 3.05) is 19.0 Å². The van der Waals surface area contributed by atoms with E-state index in [1.807, 2.05) is 0 Å². The van der Waals surface area contributed by atoms with Crippen LogP contribution in [0.2, 0.25) is 0 Å². The van der Waals surface area contributed by atoms with Gasteiger partial charge in [0.15, 0.2) is 0 Å². The molecule has 7 nitrogen and oxygen atoms in total. The lowest BCUT2D eigenvalue weighted by Gasteiger charge is -2.27. The van der Waals surface area contributed by atoms with Gasteiger partial charge in [-0.2, -0.15) is 0 Å². The Bertz CT molecular complexity index is 1270. The molecule has 2 amide bonds. The van der Waals surface area contributed by atoms with Gasteiger partial charge in [0.05, 0.1) is 19.2 Å². The second-order valence-corrected chi connectivity index (χ2v) is 8.69. The molecule has 4 rings (SSSR count). The Balaban J connectivity index is 1.61. The quantitative estimate of drug-likeness (QED) is 0.580. The number of aromatic carboxylic acids is 1. The molecule has 0 unspecified atom stereocenters. The average molecular weight is 469 g/mol. The van der Waals surface area contributed by atoms with Crippen LogP contribution < -0.4 is 10.1 Å². The van der Waals surface area contributed by atoms with Crippen LogP contribution in [-0.4, -0.2) is 41.4 Å². The zero-order chi connectivity index (χ0) is 23.7. The summed E-state index contributed by atoms with van der Waals surface area (Å²) < 4.78 is 19.1. The second-order valence-electron chi connectivity index (χ2n) is 7.59. The zero-order valence-electron chi connectivity index (χ0n) is 18.0. The number of hydrogen-bond donors (Lipinski definition) is 2. The van der Waals surface area contributed by atoms with E-state index in [1.165, 1.54) is 19.2 Å². The molecule has 2 heterocycles. The molecule has 0 bridgehead atoms. The summed E-state index contributed by atoms with van der Waals surface area (Å²) in [5.41, 5.74) is 1.53. The SMILES string of the molecule is COc1cccc(C(=O)Nc2sc3c(c2C(=O)O)CCN(C(=O)c2cccc(F)c2C)C3)c1. The number of hydrogen-bond acceptors (Lipinski definition) is 5. The number of carboxylic acid groups (broad SMARTS) is 1. The molecule has 0 radical (unpaired) electrons. The van der Waals surface area contributed by atoms with E-state index in [1.54, 1.807) is 42.2 Å². The zero-order valence-corrected chi connectivity index (χ0v) is 18.8. The Labute approximate surface area is 193 Å². The Hall–Kier alpha value is -3.72. The standard InChI is InChI=1S/C24H21FN2O5S/c1-13-16(7-4-8-18(13)25)23(29)27-10-9-17-19(12-27)33-22(20(17)24(30)31)26-21(28)14-5-3-6-15(11-14)32-2/h3-8,11H,9-10,12H2,1-2H3,(H,26,28)(H,30,31). The maximum absolute atomic E-state index is 13.9. The van der Waals surface area contributed by atoms with Gasteiger partial charge in [0, 0.05) is 22.5 Å². The van der Waals surface area contributed by atoms with Crippen LogP contribution in [0.15, 0.2) is 42.5 Å². The molecular weight excluding hydrogens is 447 g/mol. The smallest absolute Gasteiger partial charge is 0.339 e. The van der Waals surface area contributed by atoms with Crippen molar-refractivity contribution in [1.29, 1.82) is 0 Å². The van der Waals surface area contributed by atoms with Gasteiger partial charge in [-0.05, 0) is 54.8 Å². The Morgan fingerprint density at radius 3 is 2.67 bits per heavy atom. The Kier molecular flexibility index (Phi) is 6.15. The Morgan fingerprint density at radius 2 is 1.94 bits per heavy atom. The first-order chi connectivity index (χ1) is 15.8. The molecule has 0 aliphatic carbocycles. The molecule has 3 aromatic rings. The monoisotopic (exact) mass is 468 g/mol. The van der Waals surface area contributed by atoms with E-state index in [2.05, 4.69) is 5.32 Å². The van der Waals surface area contributed by atoms with Crippen LogP contribution in [-0.2, 0) is 13.0 Å². The van der Waals surface area contributed by atoms with Crippen molar-refractivity contribution in [3.8, 4) is 5.75 Å². The molecule has 2 N–H and O–H groups in total. The lowest BCUT2D eigenvalue weighted by Crippen LogP contribution is -2.36. The van der Waals surface area contributed by atoms with E-state index in [0.717, 1.165) is 11.3 Å². The van der Waals surface area contributed by atoms with Gasteiger partial charge in [-0.3, -0.25) is 9.59 Å². The third-order valence-electron chi connectivity index (χ3n) is 5.62. The van der Waals surface area contributed by atoms with Gasteiger partial charge in [0.25, 0.3) is 11.8 Å². The van der Waals surface area contributed by atoms with Gasteiger partial charge in [0.2, 0.25) is 0 Å². The first-order valence-corrected chi connectivity index (χ1v) is 11.0. The fourth-order valence-electron chi connectivity index (χ4n) is 3.84. The normalized spacial score (nSPS) is 12.8. The van der Waals surface area contributed by atoms with E-state index in [-0.39, 0.29) is 34.1 Å². The van der Waals surface area contributed by atoms with Crippen LogP contribution >= 0.6 is 11.3 Å². The molecular formula is C24H21FN2O5S. The third kappa shape index (κ3) is 4.31.